The number of aliphatic imine (C=N–C) groups is 1. The van der Waals surface area contributed by atoms with Gasteiger partial charge in [0, 0.05) is 31.6 Å². The lowest BCUT2D eigenvalue weighted by Gasteiger charge is -2.30. The number of nitrogens with zero attached hydrogens (tertiary/aromatic N) is 1. The van der Waals surface area contributed by atoms with Gasteiger partial charge in [0.25, 0.3) is 5.91 Å². The minimum atomic E-state index is -3.83. The van der Waals surface area contributed by atoms with Gasteiger partial charge in [-0.3, -0.25) is 10.2 Å². The fourth-order valence-electron chi connectivity index (χ4n) is 5.82. The van der Waals surface area contributed by atoms with Crippen LogP contribution in [-0.4, -0.2) is 49.8 Å². The molecule has 5 aromatic carbocycles. The lowest BCUT2D eigenvalue weighted by molar-refractivity contribution is -0.130. The number of carbonyl (C=O) groups excluding carboxylic acids is 1. The highest BCUT2D eigenvalue weighted by Gasteiger charge is 2.53. The summed E-state index contributed by atoms with van der Waals surface area (Å²) in [6.45, 7) is 0.536. The van der Waals surface area contributed by atoms with E-state index in [4.69, 9.17) is 19.6 Å². The fourth-order valence-corrected chi connectivity index (χ4v) is 7.21. The van der Waals surface area contributed by atoms with E-state index in [0.717, 1.165) is 16.7 Å². The molecular weight excluding hydrogens is 670 g/mol. The highest BCUT2D eigenvalue weighted by atomic mass is 32.2. The Morgan fingerprint density at radius 3 is 2.12 bits per heavy atom. The molecule has 0 radical (unpaired) electrons. The second kappa shape index (κ2) is 16.1. The molecule has 51 heavy (non-hydrogen) atoms. The van der Waals surface area contributed by atoms with Crippen molar-refractivity contribution in [2.24, 2.45) is 4.99 Å². The first-order chi connectivity index (χ1) is 24.8. The van der Waals surface area contributed by atoms with Crippen LogP contribution in [0.3, 0.4) is 0 Å². The Morgan fingerprint density at radius 1 is 0.824 bits per heavy atom. The van der Waals surface area contributed by atoms with Crippen LogP contribution in [0.4, 0.5) is 4.39 Å². The number of amides is 1. The Labute approximate surface area is 296 Å². The topological polar surface area (TPSA) is 126 Å². The zero-order chi connectivity index (χ0) is 35.7. The van der Waals surface area contributed by atoms with E-state index in [1.54, 1.807) is 54.6 Å². The SMILES string of the molecule is O=C(NNCc1ccc(F)cc1)[C@@]1(CCS(=O)(=O)c2ccccc2)N=C(c2ccc(OCCCO)cc2)O[C@H]1c1ccc(-c2ccccc2)cc1. The van der Waals surface area contributed by atoms with E-state index in [1.807, 2.05) is 54.6 Å². The van der Waals surface area contributed by atoms with Crippen LogP contribution in [-0.2, 0) is 25.9 Å². The van der Waals surface area contributed by atoms with Crippen molar-refractivity contribution in [2.75, 3.05) is 19.0 Å². The average molecular weight is 708 g/mol. The molecule has 9 nitrogen and oxygen atoms in total. The number of hydrogen-bond acceptors (Lipinski definition) is 8. The molecule has 0 saturated carbocycles. The first-order valence-electron chi connectivity index (χ1n) is 16.6. The predicted octanol–water partition coefficient (Wildman–Crippen LogP) is 6.20. The van der Waals surface area contributed by atoms with E-state index in [9.17, 15) is 17.6 Å². The van der Waals surface area contributed by atoms with Crippen molar-refractivity contribution in [1.82, 2.24) is 10.9 Å². The molecule has 0 unspecified atom stereocenters. The van der Waals surface area contributed by atoms with E-state index in [-0.39, 0.29) is 36.2 Å². The van der Waals surface area contributed by atoms with Gasteiger partial charge in [0.2, 0.25) is 5.90 Å². The van der Waals surface area contributed by atoms with Crippen LogP contribution in [0.1, 0.15) is 35.6 Å². The van der Waals surface area contributed by atoms with E-state index in [0.29, 0.717) is 29.9 Å². The molecule has 1 heterocycles. The monoisotopic (exact) mass is 707 g/mol. The van der Waals surface area contributed by atoms with Gasteiger partial charge in [-0.2, -0.15) is 0 Å². The summed E-state index contributed by atoms with van der Waals surface area (Å²) in [5, 5.41) is 9.10. The molecule has 6 rings (SSSR count). The van der Waals surface area contributed by atoms with Crippen LogP contribution in [0.15, 0.2) is 143 Å². The maximum absolute atomic E-state index is 14.5. The smallest absolute Gasteiger partial charge is 0.266 e. The number of halogens is 1. The molecule has 1 aliphatic rings. The van der Waals surface area contributed by atoms with Crippen molar-refractivity contribution in [3.63, 3.8) is 0 Å². The van der Waals surface area contributed by atoms with Gasteiger partial charge in [-0.1, -0.05) is 84.9 Å². The van der Waals surface area contributed by atoms with E-state index in [1.165, 1.54) is 24.3 Å². The predicted molar refractivity (Wildman–Crippen MR) is 193 cm³/mol. The van der Waals surface area contributed by atoms with E-state index in [2.05, 4.69) is 10.9 Å². The molecule has 11 heteroatoms. The molecule has 0 aliphatic carbocycles. The zero-order valence-corrected chi connectivity index (χ0v) is 28.6. The quantitative estimate of drug-likeness (QED) is 0.0875. The van der Waals surface area contributed by atoms with Gasteiger partial charge in [-0.25, -0.2) is 23.2 Å². The maximum atomic E-state index is 14.5. The second-order valence-corrected chi connectivity index (χ2v) is 14.2. The normalized spacial score (nSPS) is 17.0. The number of hydrazine groups is 1. The Bertz CT molecular complexity index is 2040. The number of rotatable bonds is 15. The molecule has 1 aliphatic heterocycles. The van der Waals surface area contributed by atoms with Crippen LogP contribution in [0.5, 0.6) is 5.75 Å². The number of sulfone groups is 1. The average Bonchev–Trinajstić information content (AvgIpc) is 3.57. The lowest BCUT2D eigenvalue weighted by atomic mass is 9.84. The first kappa shape index (κ1) is 35.5. The number of carbonyl (C=O) groups is 1. The van der Waals surface area contributed by atoms with Crippen LogP contribution >= 0.6 is 0 Å². The molecule has 1 amide bonds. The summed E-state index contributed by atoms with van der Waals surface area (Å²) in [7, 11) is -3.83. The summed E-state index contributed by atoms with van der Waals surface area (Å²) in [6, 6.07) is 38.4. The lowest BCUT2D eigenvalue weighted by Crippen LogP contribution is -2.53. The molecule has 5 aromatic rings. The Hall–Kier alpha value is -5.36. The highest BCUT2D eigenvalue weighted by Crippen LogP contribution is 2.43. The number of ether oxygens (including phenoxy) is 2. The molecular formula is C40H38FN3O6S. The van der Waals surface area contributed by atoms with Crippen molar-refractivity contribution < 1.29 is 32.2 Å². The third-order valence-corrected chi connectivity index (χ3v) is 10.3. The Morgan fingerprint density at radius 2 is 1.45 bits per heavy atom. The van der Waals surface area contributed by atoms with Gasteiger partial charge in [0.1, 0.15) is 11.6 Å². The molecule has 0 saturated heterocycles. The standard InChI is InChI=1S/C40H38FN3O6S/c41-34-20-12-29(13-21-34)28-42-44-39(46)40(24-27-51(47,48)36-10-5-2-6-11-36)37(32-16-14-31(15-17-32)30-8-3-1-4-9-30)50-38(43-40)33-18-22-35(23-19-33)49-26-7-25-45/h1-6,8-23,37,42,45H,7,24-28H2,(H,44,46)/t37-,40-/m0/s1. The third-order valence-electron chi connectivity index (χ3n) is 8.61. The zero-order valence-electron chi connectivity index (χ0n) is 27.7. The summed E-state index contributed by atoms with van der Waals surface area (Å²) in [5.41, 5.74) is 7.81. The third kappa shape index (κ3) is 8.51. The number of aliphatic hydroxyl groups excluding tert-OH is 1. The first-order valence-corrected chi connectivity index (χ1v) is 18.2. The van der Waals surface area contributed by atoms with Gasteiger partial charge in [0.05, 0.1) is 17.3 Å². The molecule has 262 valence electrons. The number of hydrogen-bond donors (Lipinski definition) is 3. The summed E-state index contributed by atoms with van der Waals surface area (Å²) < 4.78 is 53.0. The van der Waals surface area contributed by atoms with Crippen molar-refractivity contribution in [2.45, 2.75) is 35.9 Å². The molecule has 0 spiro atoms. The van der Waals surface area contributed by atoms with Gasteiger partial charge in [-0.05, 0) is 70.8 Å². The molecule has 0 bridgehead atoms. The van der Waals surface area contributed by atoms with Crippen molar-refractivity contribution in [3.05, 3.63) is 156 Å². The van der Waals surface area contributed by atoms with Gasteiger partial charge in [-0.15, -0.1) is 0 Å². The minimum Gasteiger partial charge on any atom is -0.494 e. The van der Waals surface area contributed by atoms with E-state index >= 15 is 0 Å². The van der Waals surface area contributed by atoms with Gasteiger partial charge < -0.3 is 14.6 Å². The van der Waals surface area contributed by atoms with Crippen molar-refractivity contribution in [1.29, 1.82) is 0 Å². The second-order valence-electron chi connectivity index (χ2n) is 12.1. The minimum absolute atomic E-state index is 0.0132. The molecule has 3 N–H and O–H groups in total. The molecule has 2 atom stereocenters. The van der Waals surface area contributed by atoms with Crippen LogP contribution in [0.25, 0.3) is 11.1 Å². The van der Waals surface area contributed by atoms with Crippen molar-refractivity contribution >= 4 is 21.6 Å². The van der Waals surface area contributed by atoms with Crippen molar-refractivity contribution in [3.8, 4) is 16.9 Å². The summed E-state index contributed by atoms with van der Waals surface area (Å²) in [6.07, 6.45) is -0.719. The summed E-state index contributed by atoms with van der Waals surface area (Å²) >= 11 is 0. The summed E-state index contributed by atoms with van der Waals surface area (Å²) in [4.78, 5) is 19.5. The molecule has 0 aromatic heterocycles. The number of aliphatic hydroxyl groups is 1. The fraction of sp³-hybridized carbons (Fsp3) is 0.200. The van der Waals surface area contributed by atoms with Crippen LogP contribution in [0, 0.1) is 5.82 Å². The molecule has 0 fully saturated rings. The largest absolute Gasteiger partial charge is 0.494 e. The van der Waals surface area contributed by atoms with Gasteiger partial charge in [0.15, 0.2) is 21.5 Å². The number of nitrogens with one attached hydrogen (secondary N) is 2. The summed E-state index contributed by atoms with van der Waals surface area (Å²) in [5.74, 6) is -0.610. The van der Waals surface area contributed by atoms with Crippen LogP contribution in [0.2, 0.25) is 0 Å². The maximum Gasteiger partial charge on any atom is 0.266 e. The van der Waals surface area contributed by atoms with Crippen LogP contribution < -0.4 is 15.6 Å². The Kier molecular flexibility index (Phi) is 11.2. The number of benzene rings is 5. The van der Waals surface area contributed by atoms with Gasteiger partial charge >= 0.3 is 0 Å². The highest BCUT2D eigenvalue weighted by molar-refractivity contribution is 7.91. The Balaban J connectivity index is 1.37. The van der Waals surface area contributed by atoms with E-state index < -0.39 is 33.1 Å².